The van der Waals surface area contributed by atoms with Crippen LogP contribution in [0.2, 0.25) is 0 Å². The van der Waals surface area contributed by atoms with Crippen molar-refractivity contribution in [2.24, 2.45) is 0 Å². The largest absolute Gasteiger partial charge is 0.380 e. The standard InChI is InChI=1S/C14H28N2S/c1-8-10-12(15-17-14(3,4)5)13(11-9-2)16(6)7/h9,11-12,15H,2,8,10H2,1,3-7H3/b13-11-. The molecule has 0 aromatic carbocycles. The second-order valence-corrected chi connectivity index (χ2v) is 7.06. The molecule has 1 unspecified atom stereocenters. The molecule has 0 aliphatic heterocycles. The van der Waals surface area contributed by atoms with Crippen molar-refractivity contribution in [1.29, 1.82) is 0 Å². The molecule has 3 heteroatoms. The van der Waals surface area contributed by atoms with E-state index in [1.54, 1.807) is 11.9 Å². The van der Waals surface area contributed by atoms with Crippen LogP contribution in [0, 0.1) is 0 Å². The molecule has 0 bridgehead atoms. The Morgan fingerprint density at radius 1 is 1.41 bits per heavy atom. The molecular formula is C14H28N2S. The van der Waals surface area contributed by atoms with Crippen molar-refractivity contribution in [2.45, 2.75) is 51.3 Å². The van der Waals surface area contributed by atoms with Crippen molar-refractivity contribution < 1.29 is 0 Å². The van der Waals surface area contributed by atoms with Crippen LogP contribution < -0.4 is 4.72 Å². The summed E-state index contributed by atoms with van der Waals surface area (Å²) in [5.74, 6) is 0. The van der Waals surface area contributed by atoms with E-state index in [1.165, 1.54) is 12.1 Å². The van der Waals surface area contributed by atoms with E-state index in [0.29, 0.717) is 6.04 Å². The van der Waals surface area contributed by atoms with Gasteiger partial charge >= 0.3 is 0 Å². The van der Waals surface area contributed by atoms with Gasteiger partial charge in [-0.2, -0.15) is 0 Å². The normalized spacial score (nSPS) is 14.6. The Kier molecular flexibility index (Phi) is 7.64. The number of nitrogens with zero attached hydrogens (tertiary/aromatic N) is 1. The summed E-state index contributed by atoms with van der Waals surface area (Å²) in [5.41, 5.74) is 1.29. The third kappa shape index (κ3) is 7.50. The van der Waals surface area contributed by atoms with Crippen LogP contribution in [0.4, 0.5) is 0 Å². The lowest BCUT2D eigenvalue weighted by Gasteiger charge is -2.29. The molecule has 0 aromatic heterocycles. The molecule has 0 spiro atoms. The summed E-state index contributed by atoms with van der Waals surface area (Å²) in [6.45, 7) is 12.7. The maximum absolute atomic E-state index is 3.80. The van der Waals surface area contributed by atoms with E-state index in [0.717, 1.165) is 6.42 Å². The van der Waals surface area contributed by atoms with E-state index in [1.807, 2.05) is 6.08 Å². The predicted octanol–water partition coefficient (Wildman–Crippen LogP) is 3.82. The summed E-state index contributed by atoms with van der Waals surface area (Å²) in [5, 5.41) is 0. The monoisotopic (exact) mass is 256 g/mol. The van der Waals surface area contributed by atoms with Crippen molar-refractivity contribution in [2.75, 3.05) is 14.1 Å². The minimum absolute atomic E-state index is 0.234. The van der Waals surface area contributed by atoms with Crippen molar-refractivity contribution in [3.8, 4) is 0 Å². The first-order valence-electron chi connectivity index (χ1n) is 6.25. The fraction of sp³-hybridized carbons (Fsp3) is 0.714. The van der Waals surface area contributed by atoms with Gasteiger partial charge in [-0.25, -0.2) is 0 Å². The molecule has 1 N–H and O–H groups in total. The van der Waals surface area contributed by atoms with Gasteiger partial charge in [-0.1, -0.05) is 37.9 Å². The summed E-state index contributed by atoms with van der Waals surface area (Å²) < 4.78 is 3.82. The fourth-order valence-electron chi connectivity index (χ4n) is 1.50. The summed E-state index contributed by atoms with van der Waals surface area (Å²) >= 11 is 1.80. The molecule has 0 saturated carbocycles. The lowest BCUT2D eigenvalue weighted by molar-refractivity contribution is 0.437. The van der Waals surface area contributed by atoms with Gasteiger partial charge in [-0.05, 0) is 33.3 Å². The van der Waals surface area contributed by atoms with Crippen LogP contribution in [-0.2, 0) is 0 Å². The van der Waals surface area contributed by atoms with E-state index in [2.05, 4.69) is 64.1 Å². The SMILES string of the molecule is C=C/C=C(/C(CCC)NSC(C)(C)C)N(C)C. The summed E-state index contributed by atoms with van der Waals surface area (Å²) in [7, 11) is 4.17. The highest BCUT2D eigenvalue weighted by Gasteiger charge is 2.18. The minimum Gasteiger partial charge on any atom is -0.380 e. The fourth-order valence-corrected chi connectivity index (χ4v) is 2.24. The molecule has 0 amide bonds. The Bertz CT molecular complexity index is 251. The van der Waals surface area contributed by atoms with E-state index in [-0.39, 0.29) is 4.75 Å². The van der Waals surface area contributed by atoms with Gasteiger partial charge in [0, 0.05) is 24.5 Å². The maximum Gasteiger partial charge on any atom is 0.0570 e. The molecule has 0 aliphatic rings. The highest BCUT2D eigenvalue weighted by molar-refractivity contribution is 7.98. The number of hydrogen-bond acceptors (Lipinski definition) is 3. The highest BCUT2D eigenvalue weighted by atomic mass is 32.2. The predicted molar refractivity (Wildman–Crippen MR) is 81.1 cm³/mol. The Morgan fingerprint density at radius 2 is 2.00 bits per heavy atom. The van der Waals surface area contributed by atoms with Gasteiger partial charge in [-0.15, -0.1) is 0 Å². The number of likely N-dealkylation sites (N-methyl/N-ethyl adjacent to an activating group) is 1. The second-order valence-electron chi connectivity index (χ2n) is 5.40. The van der Waals surface area contributed by atoms with E-state index in [9.17, 15) is 0 Å². The average Bonchev–Trinajstić information content (AvgIpc) is 2.19. The molecular weight excluding hydrogens is 228 g/mol. The topological polar surface area (TPSA) is 15.3 Å². The molecule has 0 rings (SSSR count). The van der Waals surface area contributed by atoms with Gasteiger partial charge in [-0.3, -0.25) is 4.72 Å². The zero-order valence-electron chi connectivity index (χ0n) is 12.2. The lowest BCUT2D eigenvalue weighted by Crippen LogP contribution is -2.34. The van der Waals surface area contributed by atoms with Crippen LogP contribution >= 0.6 is 11.9 Å². The Hall–Kier alpha value is -0.410. The summed E-state index contributed by atoms with van der Waals surface area (Å²) in [4.78, 5) is 2.16. The molecule has 100 valence electrons. The zero-order valence-corrected chi connectivity index (χ0v) is 13.0. The van der Waals surface area contributed by atoms with E-state index >= 15 is 0 Å². The quantitative estimate of drug-likeness (QED) is 0.550. The Morgan fingerprint density at radius 3 is 2.35 bits per heavy atom. The number of hydrogen-bond donors (Lipinski definition) is 1. The van der Waals surface area contributed by atoms with Crippen molar-refractivity contribution in [3.05, 3.63) is 24.4 Å². The van der Waals surface area contributed by atoms with Crippen LogP contribution in [0.3, 0.4) is 0 Å². The molecule has 0 fully saturated rings. The van der Waals surface area contributed by atoms with Crippen molar-refractivity contribution in [1.82, 2.24) is 9.62 Å². The van der Waals surface area contributed by atoms with E-state index < -0.39 is 0 Å². The number of allylic oxidation sites excluding steroid dienone is 2. The first-order chi connectivity index (χ1) is 7.81. The molecule has 2 nitrogen and oxygen atoms in total. The van der Waals surface area contributed by atoms with Gasteiger partial charge < -0.3 is 4.90 Å². The van der Waals surface area contributed by atoms with Crippen molar-refractivity contribution in [3.63, 3.8) is 0 Å². The smallest absolute Gasteiger partial charge is 0.0570 e. The molecule has 0 saturated heterocycles. The van der Waals surface area contributed by atoms with Crippen molar-refractivity contribution >= 4 is 11.9 Å². The third-order valence-corrected chi connectivity index (χ3v) is 3.26. The third-order valence-electron chi connectivity index (χ3n) is 2.25. The average molecular weight is 256 g/mol. The first kappa shape index (κ1) is 16.6. The molecule has 0 heterocycles. The minimum atomic E-state index is 0.234. The molecule has 0 aliphatic carbocycles. The van der Waals surface area contributed by atoms with Crippen LogP contribution in [-0.4, -0.2) is 29.8 Å². The van der Waals surface area contributed by atoms with Gasteiger partial charge in [0.1, 0.15) is 0 Å². The number of rotatable bonds is 7. The Balaban J connectivity index is 4.69. The zero-order chi connectivity index (χ0) is 13.5. The first-order valence-corrected chi connectivity index (χ1v) is 7.07. The van der Waals surface area contributed by atoms with Gasteiger partial charge in [0.25, 0.3) is 0 Å². The second kappa shape index (κ2) is 7.83. The van der Waals surface area contributed by atoms with Gasteiger partial charge in [0.2, 0.25) is 0 Å². The summed E-state index contributed by atoms with van der Waals surface area (Å²) in [6, 6.07) is 0.386. The van der Waals surface area contributed by atoms with E-state index in [4.69, 9.17) is 0 Å². The van der Waals surface area contributed by atoms with Gasteiger partial charge in [0.05, 0.1) is 6.04 Å². The molecule has 0 aromatic rings. The van der Waals surface area contributed by atoms with Gasteiger partial charge in [0.15, 0.2) is 0 Å². The lowest BCUT2D eigenvalue weighted by atomic mass is 10.1. The molecule has 0 radical (unpaired) electrons. The molecule has 17 heavy (non-hydrogen) atoms. The van der Waals surface area contributed by atoms with Crippen LogP contribution in [0.1, 0.15) is 40.5 Å². The highest BCUT2D eigenvalue weighted by Crippen LogP contribution is 2.23. The summed E-state index contributed by atoms with van der Waals surface area (Å²) in [6.07, 6.45) is 6.27. The molecule has 1 atom stereocenters. The van der Waals surface area contributed by atoms with Crippen LogP contribution in [0.15, 0.2) is 24.4 Å². The van der Waals surface area contributed by atoms with Crippen LogP contribution in [0.5, 0.6) is 0 Å². The number of nitrogens with one attached hydrogen (secondary N) is 1. The van der Waals surface area contributed by atoms with Crippen LogP contribution in [0.25, 0.3) is 0 Å². The Labute approximate surface area is 112 Å². The maximum atomic E-state index is 3.80.